The summed E-state index contributed by atoms with van der Waals surface area (Å²) in [5.41, 5.74) is 1.50. The summed E-state index contributed by atoms with van der Waals surface area (Å²) in [6.07, 6.45) is 4.19. The van der Waals surface area contributed by atoms with Crippen molar-refractivity contribution >= 4 is 39.6 Å². The maximum absolute atomic E-state index is 13.5. The van der Waals surface area contributed by atoms with Crippen molar-refractivity contribution < 1.29 is 24.3 Å². The first kappa shape index (κ1) is 23.3. The molecule has 1 saturated carbocycles. The summed E-state index contributed by atoms with van der Waals surface area (Å²) < 4.78 is 0.761. The molecule has 2 aliphatic carbocycles. The summed E-state index contributed by atoms with van der Waals surface area (Å²) in [7, 11) is 0. The van der Waals surface area contributed by atoms with Crippen molar-refractivity contribution in [1.29, 1.82) is 0 Å². The van der Waals surface area contributed by atoms with Crippen LogP contribution >= 0.6 is 15.9 Å². The first-order valence-corrected chi connectivity index (χ1v) is 13.0. The highest BCUT2D eigenvalue weighted by Gasteiger charge is 2.61. The van der Waals surface area contributed by atoms with E-state index in [2.05, 4.69) is 15.9 Å². The van der Waals surface area contributed by atoms with E-state index < -0.39 is 29.6 Å². The number of fused-ring (bicyclic) bond motifs is 4. The van der Waals surface area contributed by atoms with Crippen LogP contribution < -0.4 is 0 Å². The van der Waals surface area contributed by atoms with Crippen LogP contribution in [0.4, 0.5) is 0 Å². The number of hydrogen-bond donors (Lipinski definition) is 1. The van der Waals surface area contributed by atoms with Crippen LogP contribution in [0.25, 0.3) is 0 Å². The Morgan fingerprint density at radius 1 is 0.882 bits per heavy atom. The van der Waals surface area contributed by atoms with Gasteiger partial charge >= 0.3 is 0 Å². The third-order valence-electron chi connectivity index (χ3n) is 8.05. The fraction of sp³-hybridized carbons (Fsp3) is 0.538. The minimum Gasteiger partial charge on any atom is -0.508 e. The van der Waals surface area contributed by atoms with Gasteiger partial charge in [-0.05, 0) is 49.8 Å². The Hall–Kier alpha value is -2.48. The van der Waals surface area contributed by atoms with Crippen molar-refractivity contribution in [3.8, 4) is 5.75 Å². The van der Waals surface area contributed by atoms with Crippen molar-refractivity contribution in [2.45, 2.75) is 45.4 Å². The molecule has 0 spiro atoms. The molecule has 6 unspecified atom stereocenters. The Morgan fingerprint density at radius 3 is 2.15 bits per heavy atom. The normalized spacial score (nSPS) is 32.6. The standard InChI is InChI=1S/C26H29BrN2O5/c1-3-9-28-23(31)15-7-6-14-16(21(15)25(28)33)12-18-22(26(34)29(10-4-2)24(18)32)20(14)17-11-13(27)5-8-19(17)30/h5-6,8,11,15-16,18,20-22,30H,3-4,7,9-10,12H2,1-2H3. The van der Waals surface area contributed by atoms with E-state index in [1.807, 2.05) is 19.9 Å². The zero-order valence-corrected chi connectivity index (χ0v) is 21.0. The van der Waals surface area contributed by atoms with Gasteiger partial charge in [0, 0.05) is 29.0 Å². The van der Waals surface area contributed by atoms with Gasteiger partial charge in [-0.1, -0.05) is 41.4 Å². The predicted octanol–water partition coefficient (Wildman–Crippen LogP) is 3.61. The molecule has 34 heavy (non-hydrogen) atoms. The van der Waals surface area contributed by atoms with Crippen LogP contribution in [0, 0.1) is 29.6 Å². The molecule has 6 atom stereocenters. The van der Waals surface area contributed by atoms with E-state index in [0.29, 0.717) is 44.3 Å². The van der Waals surface area contributed by atoms with E-state index in [1.54, 1.807) is 18.2 Å². The van der Waals surface area contributed by atoms with Crippen LogP contribution in [0.5, 0.6) is 5.75 Å². The number of imide groups is 2. The Morgan fingerprint density at radius 2 is 1.50 bits per heavy atom. The van der Waals surface area contributed by atoms with E-state index in [-0.39, 0.29) is 35.3 Å². The van der Waals surface area contributed by atoms with E-state index in [1.165, 1.54) is 9.80 Å². The summed E-state index contributed by atoms with van der Waals surface area (Å²) in [6.45, 7) is 4.63. The summed E-state index contributed by atoms with van der Waals surface area (Å²) in [5, 5.41) is 10.8. The smallest absolute Gasteiger partial charge is 0.234 e. The number of hydrogen-bond acceptors (Lipinski definition) is 5. The van der Waals surface area contributed by atoms with Crippen molar-refractivity contribution in [3.05, 3.63) is 39.9 Å². The third kappa shape index (κ3) is 3.28. The molecule has 0 bridgehead atoms. The maximum atomic E-state index is 13.5. The van der Waals surface area contributed by atoms with Crippen LogP contribution in [-0.2, 0) is 19.2 Å². The number of likely N-dealkylation sites (tertiary alicyclic amines) is 2. The van der Waals surface area contributed by atoms with Crippen molar-refractivity contribution in [2.24, 2.45) is 29.6 Å². The van der Waals surface area contributed by atoms with Crippen LogP contribution in [-0.4, -0.2) is 51.6 Å². The van der Waals surface area contributed by atoms with Gasteiger partial charge in [0.25, 0.3) is 0 Å². The lowest BCUT2D eigenvalue weighted by Crippen LogP contribution is -2.43. The molecule has 3 fully saturated rings. The number of phenols is 1. The van der Waals surface area contributed by atoms with Gasteiger partial charge in [-0.2, -0.15) is 0 Å². The molecular formula is C26H29BrN2O5. The highest BCUT2D eigenvalue weighted by Crippen LogP contribution is 2.58. The molecule has 0 aromatic heterocycles. The number of benzene rings is 1. The monoisotopic (exact) mass is 528 g/mol. The van der Waals surface area contributed by atoms with E-state index in [0.717, 1.165) is 10.0 Å². The number of aromatic hydroxyl groups is 1. The molecule has 180 valence electrons. The SMILES string of the molecule is CCCN1C(=O)C2CC=C3C(CC4C(=O)N(CCC)C(=O)C4C3c3cc(Br)ccc3O)C2C1=O. The Bertz CT molecular complexity index is 1110. The second-order valence-corrected chi connectivity index (χ2v) is 10.8. The summed E-state index contributed by atoms with van der Waals surface area (Å²) in [6, 6.07) is 5.12. The molecule has 1 aromatic rings. The lowest BCUT2D eigenvalue weighted by Gasteiger charge is -2.44. The Labute approximate surface area is 207 Å². The molecule has 5 rings (SSSR count). The molecule has 8 heteroatoms. The lowest BCUT2D eigenvalue weighted by molar-refractivity contribution is -0.142. The Balaban J connectivity index is 1.64. The summed E-state index contributed by atoms with van der Waals surface area (Å²) in [4.78, 5) is 56.1. The van der Waals surface area contributed by atoms with Crippen molar-refractivity contribution in [3.63, 3.8) is 0 Å². The van der Waals surface area contributed by atoms with Gasteiger partial charge in [0.2, 0.25) is 23.6 Å². The summed E-state index contributed by atoms with van der Waals surface area (Å²) in [5.74, 6) is -3.55. The maximum Gasteiger partial charge on any atom is 0.234 e. The van der Waals surface area contributed by atoms with E-state index in [4.69, 9.17) is 0 Å². The van der Waals surface area contributed by atoms with Crippen LogP contribution in [0.2, 0.25) is 0 Å². The second-order valence-electron chi connectivity index (χ2n) is 9.88. The molecule has 1 N–H and O–H groups in total. The van der Waals surface area contributed by atoms with Gasteiger partial charge < -0.3 is 5.11 Å². The zero-order valence-electron chi connectivity index (χ0n) is 19.4. The number of nitrogens with zero attached hydrogens (tertiary/aromatic N) is 2. The number of phenolic OH excluding ortho intramolecular Hbond substituents is 1. The van der Waals surface area contributed by atoms with Crippen LogP contribution in [0.3, 0.4) is 0 Å². The molecular weight excluding hydrogens is 500 g/mol. The molecule has 1 aromatic carbocycles. The van der Waals surface area contributed by atoms with Crippen molar-refractivity contribution in [1.82, 2.24) is 9.80 Å². The third-order valence-corrected chi connectivity index (χ3v) is 8.54. The van der Waals surface area contributed by atoms with Gasteiger partial charge in [0.05, 0.1) is 23.7 Å². The average molecular weight is 529 g/mol. The number of allylic oxidation sites excluding steroid dienone is 2. The topological polar surface area (TPSA) is 95.0 Å². The largest absolute Gasteiger partial charge is 0.508 e. The fourth-order valence-electron chi connectivity index (χ4n) is 6.73. The van der Waals surface area contributed by atoms with Gasteiger partial charge in [-0.15, -0.1) is 0 Å². The minimum atomic E-state index is -0.614. The van der Waals surface area contributed by atoms with Gasteiger partial charge in [-0.25, -0.2) is 0 Å². The summed E-state index contributed by atoms with van der Waals surface area (Å²) >= 11 is 3.48. The fourth-order valence-corrected chi connectivity index (χ4v) is 7.11. The van der Waals surface area contributed by atoms with Crippen molar-refractivity contribution in [2.75, 3.05) is 13.1 Å². The number of halogens is 1. The lowest BCUT2D eigenvalue weighted by atomic mass is 9.57. The van der Waals surface area contributed by atoms with E-state index in [9.17, 15) is 24.3 Å². The van der Waals surface area contributed by atoms with Crippen LogP contribution in [0.1, 0.15) is 51.0 Å². The first-order valence-electron chi connectivity index (χ1n) is 12.2. The molecule has 4 aliphatic rings. The van der Waals surface area contributed by atoms with Gasteiger partial charge in [0.15, 0.2) is 0 Å². The minimum absolute atomic E-state index is 0.0613. The van der Waals surface area contributed by atoms with Gasteiger partial charge in [0.1, 0.15) is 5.75 Å². The molecule has 2 heterocycles. The second kappa shape index (κ2) is 8.63. The molecule has 7 nitrogen and oxygen atoms in total. The number of carbonyl (C=O) groups is 4. The first-order chi connectivity index (χ1) is 16.3. The molecule has 0 radical (unpaired) electrons. The highest BCUT2D eigenvalue weighted by atomic mass is 79.9. The number of rotatable bonds is 5. The van der Waals surface area contributed by atoms with E-state index >= 15 is 0 Å². The van der Waals surface area contributed by atoms with Gasteiger partial charge in [-0.3, -0.25) is 29.0 Å². The number of carbonyl (C=O) groups excluding carboxylic acids is 4. The molecule has 2 aliphatic heterocycles. The highest BCUT2D eigenvalue weighted by molar-refractivity contribution is 9.10. The number of amides is 4. The molecule has 2 saturated heterocycles. The quantitative estimate of drug-likeness (QED) is 0.465. The molecule has 4 amide bonds. The zero-order chi connectivity index (χ0) is 24.3. The average Bonchev–Trinajstić information content (AvgIpc) is 3.20. The Kier molecular flexibility index (Phi) is 5.91. The predicted molar refractivity (Wildman–Crippen MR) is 127 cm³/mol. The van der Waals surface area contributed by atoms with Crippen LogP contribution in [0.15, 0.2) is 34.3 Å².